The van der Waals surface area contributed by atoms with Crippen molar-refractivity contribution in [3.63, 3.8) is 0 Å². The van der Waals surface area contributed by atoms with Crippen molar-refractivity contribution in [3.8, 4) is 11.1 Å². The molecule has 0 radical (unpaired) electrons. The van der Waals surface area contributed by atoms with E-state index in [2.05, 4.69) is 5.32 Å². The summed E-state index contributed by atoms with van der Waals surface area (Å²) in [7, 11) is 0. The van der Waals surface area contributed by atoms with Gasteiger partial charge in [0.2, 0.25) is 5.91 Å². The molecule has 7 nitrogen and oxygen atoms in total. The molecule has 2 amide bonds. The summed E-state index contributed by atoms with van der Waals surface area (Å²) in [4.78, 5) is 38.4. The van der Waals surface area contributed by atoms with Crippen LogP contribution in [0.1, 0.15) is 50.2 Å². The molecule has 0 saturated carbocycles. The van der Waals surface area contributed by atoms with Gasteiger partial charge in [-0.3, -0.25) is 4.79 Å². The van der Waals surface area contributed by atoms with Crippen LogP contribution in [0.4, 0.5) is 13.6 Å². The second-order valence-electron chi connectivity index (χ2n) is 9.09. The number of carboxylic acids is 1. The van der Waals surface area contributed by atoms with Gasteiger partial charge in [-0.1, -0.05) is 62.4 Å². The molecule has 1 aliphatic heterocycles. The van der Waals surface area contributed by atoms with E-state index in [-0.39, 0.29) is 25.4 Å². The highest BCUT2D eigenvalue weighted by Crippen LogP contribution is 2.44. The van der Waals surface area contributed by atoms with Gasteiger partial charge in [-0.2, -0.15) is 0 Å². The van der Waals surface area contributed by atoms with Gasteiger partial charge >= 0.3 is 12.1 Å². The normalized spacial score (nSPS) is 18.6. The fraction of sp³-hybridized carbons (Fsp3) is 0.423. The maximum Gasteiger partial charge on any atom is 0.408 e. The highest BCUT2D eigenvalue weighted by Gasteiger charge is 2.54. The predicted octanol–water partition coefficient (Wildman–Crippen LogP) is 4.40. The van der Waals surface area contributed by atoms with Gasteiger partial charge in [-0.05, 0) is 35.1 Å². The van der Waals surface area contributed by atoms with Crippen molar-refractivity contribution in [3.05, 3.63) is 59.7 Å². The summed E-state index contributed by atoms with van der Waals surface area (Å²) in [5.74, 6) is -5.84. The first-order valence-corrected chi connectivity index (χ1v) is 11.7. The average molecular weight is 487 g/mol. The molecular weight excluding hydrogens is 458 g/mol. The number of likely N-dealkylation sites (tertiary alicyclic amines) is 1. The Hall–Kier alpha value is -3.49. The number of hydrogen-bond acceptors (Lipinski definition) is 4. The number of nitrogens with one attached hydrogen (secondary N) is 1. The van der Waals surface area contributed by atoms with E-state index in [4.69, 9.17) is 4.74 Å². The van der Waals surface area contributed by atoms with E-state index in [0.29, 0.717) is 4.90 Å². The largest absolute Gasteiger partial charge is 0.480 e. The fourth-order valence-corrected chi connectivity index (χ4v) is 5.14. The molecule has 2 N–H and O–H groups in total. The van der Waals surface area contributed by atoms with E-state index in [9.17, 15) is 28.3 Å². The van der Waals surface area contributed by atoms with Crippen molar-refractivity contribution in [1.29, 1.82) is 0 Å². The molecule has 2 aliphatic rings. The van der Waals surface area contributed by atoms with Crippen LogP contribution in [0.5, 0.6) is 0 Å². The van der Waals surface area contributed by atoms with Gasteiger partial charge in [-0.25, -0.2) is 18.4 Å². The monoisotopic (exact) mass is 486 g/mol. The number of benzene rings is 2. The lowest BCUT2D eigenvalue weighted by Crippen LogP contribution is -2.61. The molecular formula is C26H28F2N2O5. The van der Waals surface area contributed by atoms with Crippen LogP contribution in [0.15, 0.2) is 48.5 Å². The van der Waals surface area contributed by atoms with Crippen LogP contribution in [0, 0.1) is 0 Å². The van der Waals surface area contributed by atoms with E-state index in [1.807, 2.05) is 48.5 Å². The number of carbonyl (C=O) groups excluding carboxylic acids is 2. The van der Waals surface area contributed by atoms with Crippen molar-refractivity contribution in [2.75, 3.05) is 13.2 Å². The van der Waals surface area contributed by atoms with Crippen LogP contribution in [0.25, 0.3) is 11.1 Å². The summed E-state index contributed by atoms with van der Waals surface area (Å²) in [5, 5.41) is 12.0. The smallest absolute Gasteiger partial charge is 0.408 e. The number of nitrogens with zero attached hydrogens (tertiary/aromatic N) is 1. The third-order valence-corrected chi connectivity index (χ3v) is 7.12. The van der Waals surface area contributed by atoms with Crippen molar-refractivity contribution in [2.24, 2.45) is 0 Å². The lowest BCUT2D eigenvalue weighted by Gasteiger charge is -2.36. The first-order valence-electron chi connectivity index (χ1n) is 11.7. The number of carboxylic acid groups (broad SMARTS) is 1. The van der Waals surface area contributed by atoms with Gasteiger partial charge in [0, 0.05) is 12.3 Å². The molecule has 0 spiro atoms. The summed E-state index contributed by atoms with van der Waals surface area (Å²) >= 11 is 0. The number of alkyl halides is 2. The van der Waals surface area contributed by atoms with Gasteiger partial charge in [-0.15, -0.1) is 0 Å². The van der Waals surface area contributed by atoms with Gasteiger partial charge < -0.3 is 20.1 Å². The Labute approximate surface area is 202 Å². The molecule has 2 aromatic carbocycles. The summed E-state index contributed by atoms with van der Waals surface area (Å²) < 4.78 is 33.5. The number of amides is 2. The maximum atomic E-state index is 14.0. The van der Waals surface area contributed by atoms with E-state index < -0.39 is 48.4 Å². The van der Waals surface area contributed by atoms with Crippen LogP contribution >= 0.6 is 0 Å². The Morgan fingerprint density at radius 3 is 2.11 bits per heavy atom. The first kappa shape index (κ1) is 24.6. The zero-order chi connectivity index (χ0) is 25.4. The summed E-state index contributed by atoms with van der Waals surface area (Å²) in [6.07, 6.45) is -1.65. The van der Waals surface area contributed by atoms with E-state index >= 15 is 0 Å². The number of aliphatic carboxylic acids is 1. The Bertz CT molecular complexity index is 1100. The third-order valence-electron chi connectivity index (χ3n) is 7.12. The number of alkyl carbamates (subject to hydrolysis) is 1. The van der Waals surface area contributed by atoms with Crippen LogP contribution in [0.3, 0.4) is 0 Å². The number of halogens is 2. The summed E-state index contributed by atoms with van der Waals surface area (Å²) in [5.41, 5.74) is 2.63. The molecule has 1 saturated heterocycles. The Kier molecular flexibility index (Phi) is 6.53. The highest BCUT2D eigenvalue weighted by atomic mass is 19.3. The molecule has 1 fully saturated rings. The molecule has 9 heteroatoms. The molecule has 35 heavy (non-hydrogen) atoms. The number of fused-ring (bicyclic) bond motifs is 3. The van der Waals surface area contributed by atoms with Crippen molar-refractivity contribution in [1.82, 2.24) is 10.2 Å². The molecule has 186 valence electrons. The lowest BCUT2D eigenvalue weighted by atomic mass is 9.90. The molecule has 0 bridgehead atoms. The van der Waals surface area contributed by atoms with Crippen molar-refractivity contribution < 1.29 is 33.0 Å². The summed E-state index contributed by atoms with van der Waals surface area (Å²) in [6.45, 7) is 2.29. The highest BCUT2D eigenvalue weighted by molar-refractivity contribution is 5.93. The van der Waals surface area contributed by atoms with E-state index in [0.717, 1.165) is 22.3 Å². The zero-order valence-corrected chi connectivity index (χ0v) is 19.6. The van der Waals surface area contributed by atoms with Crippen molar-refractivity contribution in [2.45, 2.75) is 56.5 Å². The number of carbonyl (C=O) groups is 3. The second kappa shape index (κ2) is 9.28. The van der Waals surface area contributed by atoms with Crippen LogP contribution < -0.4 is 5.32 Å². The fourth-order valence-electron chi connectivity index (χ4n) is 5.14. The Balaban J connectivity index is 1.50. The molecule has 1 heterocycles. The van der Waals surface area contributed by atoms with Gasteiger partial charge in [0.25, 0.3) is 5.92 Å². The minimum Gasteiger partial charge on any atom is -0.480 e. The van der Waals surface area contributed by atoms with Gasteiger partial charge in [0.05, 0.1) is 6.54 Å². The molecule has 1 aliphatic carbocycles. The van der Waals surface area contributed by atoms with Crippen LogP contribution in [-0.2, 0) is 14.3 Å². The molecule has 4 rings (SSSR count). The molecule has 0 unspecified atom stereocenters. The predicted molar refractivity (Wildman–Crippen MR) is 124 cm³/mol. The Morgan fingerprint density at radius 1 is 1.06 bits per heavy atom. The zero-order valence-electron chi connectivity index (χ0n) is 19.6. The second-order valence-corrected chi connectivity index (χ2v) is 9.09. The van der Waals surface area contributed by atoms with Gasteiger partial charge in [0.1, 0.15) is 18.2 Å². The Morgan fingerprint density at radius 2 is 1.60 bits per heavy atom. The van der Waals surface area contributed by atoms with Crippen LogP contribution in [-0.4, -0.2) is 58.6 Å². The number of rotatable bonds is 7. The molecule has 1 atom stereocenters. The molecule has 0 aromatic heterocycles. The number of ether oxygens (including phenoxy) is 1. The first-order chi connectivity index (χ1) is 16.6. The summed E-state index contributed by atoms with van der Waals surface area (Å²) in [6, 6.07) is 14.0. The topological polar surface area (TPSA) is 95.9 Å². The lowest BCUT2D eigenvalue weighted by molar-refractivity contribution is -0.151. The quantitative estimate of drug-likeness (QED) is 0.605. The minimum atomic E-state index is -3.31. The maximum absolute atomic E-state index is 14.0. The van der Waals surface area contributed by atoms with Gasteiger partial charge in [0.15, 0.2) is 0 Å². The van der Waals surface area contributed by atoms with Crippen molar-refractivity contribution >= 4 is 18.0 Å². The average Bonchev–Trinajstić information content (AvgIpc) is 3.35. The standard InChI is InChI=1S/C26H28F2N2O5/c1-3-25(4-2,23(33)30-15-26(27,28)13-21(30)22(31)32)29-24(34)35-14-20-18-11-7-5-9-16(18)17-10-6-8-12-19(17)20/h5-12,20-21H,3-4,13-15H2,1-2H3,(H,29,34)(H,31,32)/t21-/m0/s1. The molecule has 2 aromatic rings. The SMILES string of the molecule is CCC(CC)(NC(=O)OCC1c2ccccc2-c2ccccc21)C(=O)N1CC(F)(F)C[C@H]1C(=O)O. The minimum absolute atomic E-state index is 0.0249. The third kappa shape index (κ3) is 4.47. The van der Waals surface area contributed by atoms with Crippen LogP contribution in [0.2, 0.25) is 0 Å². The van der Waals surface area contributed by atoms with E-state index in [1.165, 1.54) is 0 Å². The number of hydrogen-bond donors (Lipinski definition) is 2. The van der Waals surface area contributed by atoms with E-state index in [1.54, 1.807) is 13.8 Å².